The van der Waals surface area contributed by atoms with Crippen molar-refractivity contribution >= 4 is 29.5 Å². The van der Waals surface area contributed by atoms with Gasteiger partial charge in [0.05, 0.1) is 25.7 Å². The Kier molecular flexibility index (Phi) is 3.76. The third-order valence-corrected chi connectivity index (χ3v) is 2.97. The maximum Gasteiger partial charge on any atom is 0.254 e. The van der Waals surface area contributed by atoms with Gasteiger partial charge in [-0.05, 0) is 23.8 Å². The van der Waals surface area contributed by atoms with Crippen molar-refractivity contribution in [1.29, 1.82) is 0 Å². The second-order valence-electron chi connectivity index (χ2n) is 3.96. The molecule has 2 amide bonds. The Morgan fingerprint density at radius 3 is 2.53 bits per heavy atom. The number of carbonyl (C=O) groups excluding carboxylic acids is 2. The van der Waals surface area contributed by atoms with Crippen LogP contribution in [0.2, 0.25) is 5.02 Å². The lowest BCUT2D eigenvalue weighted by molar-refractivity contribution is -0.124. The lowest BCUT2D eigenvalue weighted by Gasteiger charge is -2.10. The van der Waals surface area contributed by atoms with Crippen molar-refractivity contribution in [3.05, 3.63) is 28.3 Å². The van der Waals surface area contributed by atoms with E-state index >= 15 is 0 Å². The molecule has 1 fully saturated rings. The minimum atomic E-state index is -0.379. The van der Waals surface area contributed by atoms with E-state index in [0.29, 0.717) is 27.7 Å². The van der Waals surface area contributed by atoms with E-state index in [1.54, 1.807) is 18.2 Å². The van der Waals surface area contributed by atoms with Crippen molar-refractivity contribution in [1.82, 2.24) is 5.32 Å². The minimum absolute atomic E-state index is 0.0742. The summed E-state index contributed by atoms with van der Waals surface area (Å²) in [5.41, 5.74) is 1.07. The Morgan fingerprint density at radius 2 is 2.00 bits per heavy atom. The highest BCUT2D eigenvalue weighted by Gasteiger charge is 2.23. The van der Waals surface area contributed by atoms with Crippen LogP contribution in [0.15, 0.2) is 17.7 Å². The van der Waals surface area contributed by atoms with Crippen LogP contribution in [-0.4, -0.2) is 26.0 Å². The van der Waals surface area contributed by atoms with Crippen LogP contribution in [0.5, 0.6) is 11.5 Å². The predicted molar refractivity (Wildman–Crippen MR) is 70.3 cm³/mol. The topological polar surface area (TPSA) is 64.6 Å². The summed E-state index contributed by atoms with van der Waals surface area (Å²) in [4.78, 5) is 22.6. The number of ether oxygens (including phenoxy) is 2. The predicted octanol–water partition coefficient (Wildman–Crippen LogP) is 1.79. The summed E-state index contributed by atoms with van der Waals surface area (Å²) in [6, 6.07) is 3.33. The van der Waals surface area contributed by atoms with Crippen LogP contribution in [0.4, 0.5) is 0 Å². The van der Waals surface area contributed by atoms with E-state index in [2.05, 4.69) is 5.32 Å². The Labute approximate surface area is 115 Å². The minimum Gasteiger partial charge on any atom is -0.493 e. The molecule has 5 nitrogen and oxygen atoms in total. The Morgan fingerprint density at radius 1 is 1.26 bits per heavy atom. The molecule has 0 bridgehead atoms. The largest absolute Gasteiger partial charge is 0.493 e. The van der Waals surface area contributed by atoms with Crippen molar-refractivity contribution in [2.75, 3.05) is 14.2 Å². The van der Waals surface area contributed by atoms with E-state index in [9.17, 15) is 9.59 Å². The highest BCUT2D eigenvalue weighted by molar-refractivity contribution is 6.32. The molecule has 0 aromatic heterocycles. The average Bonchev–Trinajstić information content (AvgIpc) is 2.67. The first-order chi connectivity index (χ1) is 9.05. The molecule has 1 aliphatic rings. The van der Waals surface area contributed by atoms with Crippen molar-refractivity contribution < 1.29 is 19.1 Å². The zero-order chi connectivity index (χ0) is 14.0. The number of hydrogen-bond acceptors (Lipinski definition) is 4. The Bertz CT molecular complexity index is 580. The summed E-state index contributed by atoms with van der Waals surface area (Å²) in [7, 11) is 2.99. The zero-order valence-corrected chi connectivity index (χ0v) is 11.2. The highest BCUT2D eigenvalue weighted by Crippen LogP contribution is 2.36. The first kappa shape index (κ1) is 13.4. The molecule has 1 aromatic rings. The number of halogens is 1. The maximum atomic E-state index is 11.5. The fourth-order valence-corrected chi connectivity index (χ4v) is 2.14. The van der Waals surface area contributed by atoms with Crippen molar-refractivity contribution in [3.8, 4) is 11.5 Å². The van der Waals surface area contributed by atoms with Crippen LogP contribution >= 0.6 is 11.6 Å². The van der Waals surface area contributed by atoms with Gasteiger partial charge in [-0.1, -0.05) is 11.6 Å². The number of nitrogens with one attached hydrogen (secondary N) is 1. The lowest BCUT2D eigenvalue weighted by Crippen LogP contribution is -2.19. The van der Waals surface area contributed by atoms with Gasteiger partial charge in [0.1, 0.15) is 0 Å². The first-order valence-electron chi connectivity index (χ1n) is 5.51. The molecule has 1 N–H and O–H groups in total. The standard InChI is InChI=1S/C13H12ClNO4/c1-18-10-5-7(4-9(14)12(10)19-2)3-8-6-11(16)15-13(8)17/h3-5H,6H2,1-2H3,(H,15,16,17). The summed E-state index contributed by atoms with van der Waals surface area (Å²) in [5, 5.41) is 2.59. The molecule has 1 saturated heterocycles. The third-order valence-electron chi connectivity index (χ3n) is 2.69. The second kappa shape index (κ2) is 5.32. The molecule has 6 heteroatoms. The number of methoxy groups -OCH3 is 2. The van der Waals surface area contributed by atoms with Gasteiger partial charge in [0.2, 0.25) is 5.91 Å². The SMILES string of the molecule is COc1cc(C=C2CC(=O)NC2=O)cc(Cl)c1OC. The molecule has 2 rings (SSSR count). The third kappa shape index (κ3) is 2.71. The first-order valence-corrected chi connectivity index (χ1v) is 5.89. The Balaban J connectivity index is 2.42. The number of hydrogen-bond donors (Lipinski definition) is 1. The van der Waals surface area contributed by atoms with E-state index in [4.69, 9.17) is 21.1 Å². The van der Waals surface area contributed by atoms with E-state index in [-0.39, 0.29) is 18.2 Å². The molecule has 0 saturated carbocycles. The monoisotopic (exact) mass is 281 g/mol. The molecule has 1 heterocycles. The summed E-state index contributed by atoms with van der Waals surface area (Å²) >= 11 is 6.06. The Hall–Kier alpha value is -2.01. The van der Waals surface area contributed by atoms with Gasteiger partial charge >= 0.3 is 0 Å². The maximum absolute atomic E-state index is 11.5. The number of carbonyl (C=O) groups is 2. The fraction of sp³-hybridized carbons (Fsp3) is 0.231. The van der Waals surface area contributed by atoms with Crippen LogP contribution in [0.1, 0.15) is 12.0 Å². The van der Waals surface area contributed by atoms with E-state index < -0.39 is 0 Å². The molecule has 0 atom stereocenters. The van der Waals surface area contributed by atoms with Crippen molar-refractivity contribution in [2.24, 2.45) is 0 Å². The molecule has 1 aromatic carbocycles. The number of amides is 2. The van der Waals surface area contributed by atoms with Crippen molar-refractivity contribution in [3.63, 3.8) is 0 Å². The van der Waals surface area contributed by atoms with Gasteiger partial charge in [-0.2, -0.15) is 0 Å². The molecular formula is C13H12ClNO4. The van der Waals surface area contributed by atoms with E-state index in [0.717, 1.165) is 0 Å². The average molecular weight is 282 g/mol. The van der Waals surface area contributed by atoms with Gasteiger partial charge in [0, 0.05) is 5.57 Å². The summed E-state index contributed by atoms with van der Waals surface area (Å²) in [5.74, 6) is 0.212. The molecule has 0 radical (unpaired) electrons. The molecule has 0 spiro atoms. The highest BCUT2D eigenvalue weighted by atomic mass is 35.5. The summed E-state index contributed by atoms with van der Waals surface area (Å²) in [6.45, 7) is 0. The molecule has 0 aliphatic carbocycles. The van der Waals surface area contributed by atoms with Crippen LogP contribution in [0.3, 0.4) is 0 Å². The van der Waals surface area contributed by atoms with Gasteiger partial charge in [0.15, 0.2) is 11.5 Å². The van der Waals surface area contributed by atoms with Gasteiger partial charge in [-0.25, -0.2) is 0 Å². The van der Waals surface area contributed by atoms with Crippen LogP contribution in [-0.2, 0) is 9.59 Å². The zero-order valence-electron chi connectivity index (χ0n) is 10.5. The van der Waals surface area contributed by atoms with E-state index in [1.807, 2.05) is 0 Å². The van der Waals surface area contributed by atoms with Gasteiger partial charge < -0.3 is 9.47 Å². The number of imide groups is 1. The van der Waals surface area contributed by atoms with E-state index in [1.165, 1.54) is 14.2 Å². The van der Waals surface area contributed by atoms with Crippen molar-refractivity contribution in [2.45, 2.75) is 6.42 Å². The number of benzene rings is 1. The van der Waals surface area contributed by atoms with Crippen LogP contribution in [0, 0.1) is 0 Å². The normalized spacial score (nSPS) is 16.7. The molecule has 100 valence electrons. The quantitative estimate of drug-likeness (QED) is 0.678. The van der Waals surface area contributed by atoms with Crippen LogP contribution < -0.4 is 14.8 Å². The van der Waals surface area contributed by atoms with Gasteiger partial charge in [-0.3, -0.25) is 14.9 Å². The van der Waals surface area contributed by atoms with Crippen LogP contribution in [0.25, 0.3) is 6.08 Å². The lowest BCUT2D eigenvalue weighted by atomic mass is 10.1. The van der Waals surface area contributed by atoms with Gasteiger partial charge in [0.25, 0.3) is 5.91 Å². The number of rotatable bonds is 3. The van der Waals surface area contributed by atoms with Gasteiger partial charge in [-0.15, -0.1) is 0 Å². The fourth-order valence-electron chi connectivity index (χ4n) is 1.84. The smallest absolute Gasteiger partial charge is 0.254 e. The molecule has 19 heavy (non-hydrogen) atoms. The second-order valence-corrected chi connectivity index (χ2v) is 4.37. The molecular weight excluding hydrogens is 270 g/mol. The summed E-state index contributed by atoms with van der Waals surface area (Å²) < 4.78 is 10.3. The summed E-state index contributed by atoms with van der Waals surface area (Å²) in [6.07, 6.45) is 1.68. The molecule has 0 unspecified atom stereocenters. The molecule has 1 aliphatic heterocycles.